The van der Waals surface area contributed by atoms with Crippen LogP contribution >= 0.6 is 0 Å². The predicted molar refractivity (Wildman–Crippen MR) is 90.6 cm³/mol. The highest BCUT2D eigenvalue weighted by Crippen LogP contribution is 2.38. The molecule has 1 heterocycles. The molecule has 0 aliphatic carbocycles. The van der Waals surface area contributed by atoms with E-state index in [9.17, 15) is 0 Å². The maximum atomic E-state index is 6.09. The van der Waals surface area contributed by atoms with Crippen molar-refractivity contribution in [2.24, 2.45) is 0 Å². The summed E-state index contributed by atoms with van der Waals surface area (Å²) in [5.41, 5.74) is 3.35. The van der Waals surface area contributed by atoms with Gasteiger partial charge in [0.1, 0.15) is 17.1 Å². The van der Waals surface area contributed by atoms with E-state index in [0.717, 1.165) is 29.9 Å². The zero-order valence-electron chi connectivity index (χ0n) is 13.4. The summed E-state index contributed by atoms with van der Waals surface area (Å²) in [4.78, 5) is 0. The monoisotopic (exact) mass is 294 g/mol. The molecule has 0 N–H and O–H groups in total. The number of methoxy groups -OCH3 is 1. The first-order chi connectivity index (χ1) is 10.6. The van der Waals surface area contributed by atoms with Crippen molar-refractivity contribution in [3.05, 3.63) is 65.2 Å². The zero-order chi connectivity index (χ0) is 15.6. The second-order valence-electron chi connectivity index (χ2n) is 6.23. The van der Waals surface area contributed by atoms with Crippen LogP contribution in [0.3, 0.4) is 0 Å². The largest absolute Gasteiger partial charge is 0.496 e. The SMILES string of the molecule is COc1cc(CCc2ccccc2)cc2c1C=CC(C)(C)O2. The van der Waals surface area contributed by atoms with E-state index in [1.807, 2.05) is 6.07 Å². The van der Waals surface area contributed by atoms with Gasteiger partial charge in [0.15, 0.2) is 0 Å². The molecule has 0 bridgehead atoms. The molecule has 2 aromatic rings. The van der Waals surface area contributed by atoms with Gasteiger partial charge in [-0.15, -0.1) is 0 Å². The van der Waals surface area contributed by atoms with Crippen LogP contribution in [0.4, 0.5) is 0 Å². The van der Waals surface area contributed by atoms with E-state index in [1.165, 1.54) is 11.1 Å². The van der Waals surface area contributed by atoms with Crippen molar-refractivity contribution in [1.29, 1.82) is 0 Å². The predicted octanol–water partition coefficient (Wildman–Crippen LogP) is 4.66. The van der Waals surface area contributed by atoms with Gasteiger partial charge in [-0.1, -0.05) is 30.3 Å². The summed E-state index contributed by atoms with van der Waals surface area (Å²) in [6, 6.07) is 14.8. The fourth-order valence-corrected chi connectivity index (χ4v) is 2.75. The standard InChI is InChI=1S/C20H22O2/c1-20(2)12-11-17-18(21-3)13-16(14-19(17)22-20)10-9-15-7-5-4-6-8-15/h4-8,11-14H,9-10H2,1-3H3. The van der Waals surface area contributed by atoms with Gasteiger partial charge < -0.3 is 9.47 Å². The van der Waals surface area contributed by atoms with Crippen LogP contribution in [0.15, 0.2) is 48.5 Å². The second-order valence-corrected chi connectivity index (χ2v) is 6.23. The number of rotatable bonds is 4. The average molecular weight is 294 g/mol. The summed E-state index contributed by atoms with van der Waals surface area (Å²) in [5, 5.41) is 0. The van der Waals surface area contributed by atoms with Gasteiger partial charge in [0, 0.05) is 0 Å². The highest BCUT2D eigenvalue weighted by atomic mass is 16.5. The van der Waals surface area contributed by atoms with Crippen LogP contribution in [-0.4, -0.2) is 12.7 Å². The van der Waals surface area contributed by atoms with Gasteiger partial charge in [0.25, 0.3) is 0 Å². The van der Waals surface area contributed by atoms with Gasteiger partial charge in [0.05, 0.1) is 12.7 Å². The average Bonchev–Trinajstić information content (AvgIpc) is 2.52. The Morgan fingerprint density at radius 1 is 1.00 bits per heavy atom. The molecule has 0 atom stereocenters. The first-order valence-electron chi connectivity index (χ1n) is 7.70. The lowest BCUT2D eigenvalue weighted by Crippen LogP contribution is -2.27. The minimum absolute atomic E-state index is 0.268. The minimum Gasteiger partial charge on any atom is -0.496 e. The number of benzene rings is 2. The summed E-state index contributed by atoms with van der Waals surface area (Å²) in [6.07, 6.45) is 6.16. The Balaban J connectivity index is 1.86. The lowest BCUT2D eigenvalue weighted by molar-refractivity contribution is 0.158. The zero-order valence-corrected chi connectivity index (χ0v) is 13.4. The Kier molecular flexibility index (Phi) is 3.93. The smallest absolute Gasteiger partial charge is 0.131 e. The molecule has 0 fully saturated rings. The number of aryl methyl sites for hydroxylation is 2. The second kappa shape index (κ2) is 5.88. The van der Waals surface area contributed by atoms with E-state index in [0.29, 0.717) is 0 Å². The van der Waals surface area contributed by atoms with Gasteiger partial charge in [-0.25, -0.2) is 0 Å². The molecule has 1 aliphatic heterocycles. The van der Waals surface area contributed by atoms with Gasteiger partial charge in [-0.2, -0.15) is 0 Å². The Hall–Kier alpha value is -2.22. The van der Waals surface area contributed by atoms with E-state index in [4.69, 9.17) is 9.47 Å². The third kappa shape index (κ3) is 3.16. The number of ether oxygens (including phenoxy) is 2. The molecule has 1 aliphatic rings. The molecule has 3 rings (SSSR count). The van der Waals surface area contributed by atoms with E-state index in [-0.39, 0.29) is 5.60 Å². The first kappa shape index (κ1) is 14.7. The summed E-state index contributed by atoms with van der Waals surface area (Å²) >= 11 is 0. The maximum Gasteiger partial charge on any atom is 0.131 e. The molecule has 22 heavy (non-hydrogen) atoms. The normalized spacial score (nSPS) is 15.0. The Bertz CT molecular complexity index is 684. The van der Waals surface area contributed by atoms with Gasteiger partial charge in [0.2, 0.25) is 0 Å². The molecule has 0 radical (unpaired) electrons. The van der Waals surface area contributed by atoms with Crippen molar-refractivity contribution in [3.8, 4) is 11.5 Å². The van der Waals surface area contributed by atoms with Crippen molar-refractivity contribution >= 4 is 6.08 Å². The first-order valence-corrected chi connectivity index (χ1v) is 7.70. The van der Waals surface area contributed by atoms with E-state index >= 15 is 0 Å². The molecule has 114 valence electrons. The molecule has 0 spiro atoms. The maximum absolute atomic E-state index is 6.09. The van der Waals surface area contributed by atoms with E-state index in [1.54, 1.807) is 7.11 Å². The molecule has 2 heteroatoms. The Labute approximate surface area is 132 Å². The molecule has 0 amide bonds. The van der Waals surface area contributed by atoms with Crippen molar-refractivity contribution in [3.63, 3.8) is 0 Å². The van der Waals surface area contributed by atoms with E-state index in [2.05, 4.69) is 62.4 Å². The fourth-order valence-electron chi connectivity index (χ4n) is 2.75. The third-order valence-electron chi connectivity index (χ3n) is 3.95. The fraction of sp³-hybridized carbons (Fsp3) is 0.300. The summed E-state index contributed by atoms with van der Waals surface area (Å²) < 4.78 is 11.6. The molecule has 0 aromatic heterocycles. The number of hydrogen-bond acceptors (Lipinski definition) is 2. The molecule has 0 unspecified atom stereocenters. The van der Waals surface area contributed by atoms with Gasteiger partial charge in [-0.3, -0.25) is 0 Å². The van der Waals surface area contributed by atoms with Crippen LogP contribution in [0.25, 0.3) is 6.08 Å². The number of fused-ring (bicyclic) bond motifs is 1. The molecular weight excluding hydrogens is 272 g/mol. The van der Waals surface area contributed by atoms with Crippen LogP contribution in [0.1, 0.15) is 30.5 Å². The van der Waals surface area contributed by atoms with Crippen LogP contribution in [-0.2, 0) is 12.8 Å². The van der Waals surface area contributed by atoms with E-state index < -0.39 is 0 Å². The number of hydrogen-bond donors (Lipinski definition) is 0. The minimum atomic E-state index is -0.268. The van der Waals surface area contributed by atoms with Crippen molar-refractivity contribution in [1.82, 2.24) is 0 Å². The topological polar surface area (TPSA) is 18.5 Å². The third-order valence-corrected chi connectivity index (χ3v) is 3.95. The van der Waals surface area contributed by atoms with Crippen molar-refractivity contribution < 1.29 is 9.47 Å². The molecule has 0 saturated heterocycles. The summed E-state index contributed by atoms with van der Waals surface area (Å²) in [7, 11) is 1.71. The van der Waals surface area contributed by atoms with Gasteiger partial charge in [-0.05, 0) is 62.1 Å². The van der Waals surface area contributed by atoms with Crippen molar-refractivity contribution in [2.45, 2.75) is 32.3 Å². The lowest BCUT2D eigenvalue weighted by atomic mass is 9.98. The van der Waals surface area contributed by atoms with Crippen LogP contribution in [0, 0.1) is 0 Å². The lowest BCUT2D eigenvalue weighted by Gasteiger charge is -2.29. The van der Waals surface area contributed by atoms with Crippen molar-refractivity contribution in [2.75, 3.05) is 7.11 Å². The van der Waals surface area contributed by atoms with Crippen LogP contribution in [0.2, 0.25) is 0 Å². The highest BCUT2D eigenvalue weighted by molar-refractivity contribution is 5.68. The Morgan fingerprint density at radius 3 is 2.45 bits per heavy atom. The summed E-state index contributed by atoms with van der Waals surface area (Å²) in [6.45, 7) is 4.13. The molecule has 2 aromatic carbocycles. The highest BCUT2D eigenvalue weighted by Gasteiger charge is 2.24. The summed E-state index contributed by atoms with van der Waals surface area (Å²) in [5.74, 6) is 1.79. The Morgan fingerprint density at radius 2 is 1.73 bits per heavy atom. The van der Waals surface area contributed by atoms with Crippen LogP contribution < -0.4 is 9.47 Å². The molecule has 0 saturated carbocycles. The van der Waals surface area contributed by atoms with Crippen LogP contribution in [0.5, 0.6) is 11.5 Å². The molecule has 2 nitrogen and oxygen atoms in total. The molecular formula is C20H22O2. The van der Waals surface area contributed by atoms with Gasteiger partial charge >= 0.3 is 0 Å². The quantitative estimate of drug-likeness (QED) is 0.816.